The standard InChI is InChI=1S/C10H16N2O/c11-5-9(8-1-2-8)6-12-4-3-10(13)7-12/h8-10,13H,1-4,6-7H2/t9?,10-/m1/s1. The lowest BCUT2D eigenvalue weighted by Crippen LogP contribution is -2.28. The molecule has 0 amide bonds. The van der Waals surface area contributed by atoms with Crippen LogP contribution in [0.1, 0.15) is 19.3 Å². The van der Waals surface area contributed by atoms with Gasteiger partial charge in [-0.25, -0.2) is 0 Å². The van der Waals surface area contributed by atoms with E-state index in [4.69, 9.17) is 5.26 Å². The molecule has 1 aliphatic carbocycles. The molecule has 3 heteroatoms. The first kappa shape index (κ1) is 8.98. The molecule has 0 aromatic heterocycles. The molecule has 3 nitrogen and oxygen atoms in total. The Morgan fingerprint density at radius 1 is 1.46 bits per heavy atom. The van der Waals surface area contributed by atoms with E-state index in [1.807, 2.05) is 0 Å². The molecular formula is C10H16N2O. The van der Waals surface area contributed by atoms with Crippen LogP contribution in [0, 0.1) is 23.2 Å². The Bertz CT molecular complexity index is 219. The summed E-state index contributed by atoms with van der Waals surface area (Å²) in [5.74, 6) is 0.869. The number of aliphatic hydroxyl groups is 1. The van der Waals surface area contributed by atoms with Gasteiger partial charge in [0.15, 0.2) is 0 Å². The molecule has 13 heavy (non-hydrogen) atoms. The van der Waals surface area contributed by atoms with Gasteiger partial charge in [0.05, 0.1) is 18.1 Å². The molecule has 0 aromatic carbocycles. The first-order valence-corrected chi connectivity index (χ1v) is 5.09. The number of nitriles is 1. The van der Waals surface area contributed by atoms with Crippen molar-refractivity contribution in [3.8, 4) is 6.07 Å². The Hall–Kier alpha value is -0.590. The van der Waals surface area contributed by atoms with E-state index >= 15 is 0 Å². The van der Waals surface area contributed by atoms with Crippen LogP contribution in [0.5, 0.6) is 0 Å². The molecule has 2 fully saturated rings. The van der Waals surface area contributed by atoms with Gasteiger partial charge in [-0.3, -0.25) is 4.90 Å². The minimum absolute atomic E-state index is 0.154. The third-order valence-corrected chi connectivity index (χ3v) is 3.06. The first-order chi connectivity index (χ1) is 6.29. The fourth-order valence-corrected chi connectivity index (χ4v) is 2.05. The van der Waals surface area contributed by atoms with Crippen molar-refractivity contribution in [1.82, 2.24) is 4.90 Å². The van der Waals surface area contributed by atoms with Gasteiger partial charge in [0, 0.05) is 19.6 Å². The number of β-amino-alcohol motifs (C(OH)–C–C–N with tert-alkyl or cyclic N) is 1. The highest BCUT2D eigenvalue weighted by Crippen LogP contribution is 2.37. The fraction of sp³-hybridized carbons (Fsp3) is 0.900. The minimum Gasteiger partial charge on any atom is -0.392 e. The van der Waals surface area contributed by atoms with Crippen molar-refractivity contribution in [2.45, 2.75) is 25.4 Å². The fourth-order valence-electron chi connectivity index (χ4n) is 2.05. The Kier molecular flexibility index (Phi) is 2.52. The third kappa shape index (κ3) is 2.20. The van der Waals surface area contributed by atoms with Crippen LogP contribution in [0.25, 0.3) is 0 Å². The van der Waals surface area contributed by atoms with Crippen LogP contribution in [0.4, 0.5) is 0 Å². The smallest absolute Gasteiger partial charge is 0.0679 e. The summed E-state index contributed by atoms with van der Waals surface area (Å²) >= 11 is 0. The van der Waals surface area contributed by atoms with Crippen LogP contribution in [0.2, 0.25) is 0 Å². The first-order valence-electron chi connectivity index (χ1n) is 5.09. The molecule has 0 bridgehead atoms. The quantitative estimate of drug-likeness (QED) is 0.692. The molecule has 72 valence electrons. The predicted molar refractivity (Wildman–Crippen MR) is 48.9 cm³/mol. The maximum absolute atomic E-state index is 9.31. The predicted octanol–water partition coefficient (Wildman–Crippen LogP) is 0.603. The third-order valence-electron chi connectivity index (χ3n) is 3.06. The summed E-state index contributed by atoms with van der Waals surface area (Å²) in [5.41, 5.74) is 0. The summed E-state index contributed by atoms with van der Waals surface area (Å²) < 4.78 is 0. The molecule has 2 aliphatic rings. The van der Waals surface area contributed by atoms with E-state index in [1.165, 1.54) is 12.8 Å². The minimum atomic E-state index is -0.154. The molecule has 1 saturated carbocycles. The van der Waals surface area contributed by atoms with E-state index in [9.17, 15) is 5.11 Å². The molecule has 0 spiro atoms. The van der Waals surface area contributed by atoms with Crippen molar-refractivity contribution in [1.29, 1.82) is 5.26 Å². The van der Waals surface area contributed by atoms with Crippen molar-refractivity contribution in [3.63, 3.8) is 0 Å². The molecule has 1 aliphatic heterocycles. The summed E-state index contributed by atoms with van der Waals surface area (Å²) in [6.07, 6.45) is 3.19. The second-order valence-corrected chi connectivity index (χ2v) is 4.28. The normalized spacial score (nSPS) is 31.5. The Morgan fingerprint density at radius 3 is 2.69 bits per heavy atom. The SMILES string of the molecule is N#CC(CN1CC[C@@H](O)C1)C1CC1. The monoisotopic (exact) mass is 180 g/mol. The molecule has 2 atom stereocenters. The van der Waals surface area contributed by atoms with Gasteiger partial charge >= 0.3 is 0 Å². The molecular weight excluding hydrogens is 164 g/mol. The van der Waals surface area contributed by atoms with Gasteiger partial charge in [-0.15, -0.1) is 0 Å². The van der Waals surface area contributed by atoms with Gasteiger partial charge in [-0.05, 0) is 25.2 Å². The van der Waals surface area contributed by atoms with E-state index in [1.54, 1.807) is 0 Å². The Morgan fingerprint density at radius 2 is 2.23 bits per heavy atom. The van der Waals surface area contributed by atoms with Gasteiger partial charge < -0.3 is 5.11 Å². The van der Waals surface area contributed by atoms with Gasteiger partial charge in [-0.2, -0.15) is 5.26 Å². The largest absolute Gasteiger partial charge is 0.392 e. The lowest BCUT2D eigenvalue weighted by Gasteiger charge is -2.17. The highest BCUT2D eigenvalue weighted by molar-refractivity contribution is 4.96. The summed E-state index contributed by atoms with van der Waals surface area (Å²) in [6, 6.07) is 2.38. The zero-order chi connectivity index (χ0) is 9.26. The maximum atomic E-state index is 9.31. The van der Waals surface area contributed by atoms with Crippen molar-refractivity contribution in [3.05, 3.63) is 0 Å². The molecule has 0 aromatic rings. The highest BCUT2D eigenvalue weighted by Gasteiger charge is 2.33. The van der Waals surface area contributed by atoms with E-state index < -0.39 is 0 Å². The molecule has 2 rings (SSSR count). The average molecular weight is 180 g/mol. The summed E-state index contributed by atoms with van der Waals surface area (Å²) in [6.45, 7) is 2.61. The topological polar surface area (TPSA) is 47.3 Å². The van der Waals surface area contributed by atoms with Crippen LogP contribution >= 0.6 is 0 Å². The maximum Gasteiger partial charge on any atom is 0.0679 e. The van der Waals surface area contributed by atoms with Crippen molar-refractivity contribution in [2.24, 2.45) is 11.8 Å². The summed E-state index contributed by atoms with van der Waals surface area (Å²) in [7, 11) is 0. The molecule has 0 radical (unpaired) electrons. The Balaban J connectivity index is 1.79. The molecule has 1 unspecified atom stereocenters. The van der Waals surface area contributed by atoms with Crippen LogP contribution in [0.15, 0.2) is 0 Å². The van der Waals surface area contributed by atoms with Crippen LogP contribution < -0.4 is 0 Å². The second kappa shape index (κ2) is 3.65. The zero-order valence-corrected chi connectivity index (χ0v) is 7.82. The van der Waals surface area contributed by atoms with Gasteiger partial charge in [-0.1, -0.05) is 0 Å². The molecule has 1 N–H and O–H groups in total. The van der Waals surface area contributed by atoms with Crippen molar-refractivity contribution < 1.29 is 5.11 Å². The average Bonchev–Trinajstić information content (AvgIpc) is 2.87. The number of nitrogens with zero attached hydrogens (tertiary/aromatic N) is 2. The van der Waals surface area contributed by atoms with Crippen LogP contribution in [-0.4, -0.2) is 35.7 Å². The van der Waals surface area contributed by atoms with E-state index in [0.717, 1.165) is 26.1 Å². The molecule has 1 heterocycles. The highest BCUT2D eigenvalue weighted by atomic mass is 16.3. The van der Waals surface area contributed by atoms with Crippen molar-refractivity contribution in [2.75, 3.05) is 19.6 Å². The number of aliphatic hydroxyl groups excluding tert-OH is 1. The number of rotatable bonds is 3. The second-order valence-electron chi connectivity index (χ2n) is 4.28. The van der Waals surface area contributed by atoms with Crippen LogP contribution in [0.3, 0.4) is 0 Å². The van der Waals surface area contributed by atoms with E-state index in [2.05, 4.69) is 11.0 Å². The van der Waals surface area contributed by atoms with E-state index in [0.29, 0.717) is 5.92 Å². The molecule has 1 saturated heterocycles. The lowest BCUT2D eigenvalue weighted by atomic mass is 10.1. The van der Waals surface area contributed by atoms with Crippen LogP contribution in [-0.2, 0) is 0 Å². The Labute approximate surface area is 79.0 Å². The summed E-state index contributed by atoms with van der Waals surface area (Å²) in [4.78, 5) is 2.22. The number of hydrogen-bond donors (Lipinski definition) is 1. The van der Waals surface area contributed by atoms with Gasteiger partial charge in [0.1, 0.15) is 0 Å². The van der Waals surface area contributed by atoms with Crippen molar-refractivity contribution >= 4 is 0 Å². The summed E-state index contributed by atoms with van der Waals surface area (Å²) in [5, 5.41) is 18.2. The number of likely N-dealkylation sites (tertiary alicyclic amines) is 1. The zero-order valence-electron chi connectivity index (χ0n) is 7.82. The van der Waals surface area contributed by atoms with Gasteiger partial charge in [0.2, 0.25) is 0 Å². The van der Waals surface area contributed by atoms with Gasteiger partial charge in [0.25, 0.3) is 0 Å². The lowest BCUT2D eigenvalue weighted by molar-refractivity contribution is 0.172. The van der Waals surface area contributed by atoms with E-state index in [-0.39, 0.29) is 12.0 Å². The number of hydrogen-bond acceptors (Lipinski definition) is 3.